The molecule has 0 amide bonds. The second-order valence-electron chi connectivity index (χ2n) is 6.87. The van der Waals surface area contributed by atoms with Crippen LogP contribution in [0.1, 0.15) is 43.0 Å². The lowest BCUT2D eigenvalue weighted by Crippen LogP contribution is -2.49. The minimum Gasteiger partial charge on any atom is -0.487 e. The lowest BCUT2D eigenvalue weighted by atomic mass is 9.86. The van der Waals surface area contributed by atoms with Crippen LogP contribution >= 0.6 is 0 Å². The standard InChI is InChI=1S/C17H26N2O/c1-12-9-13(2)16-14(10-12)15(11-17(3,4)20-16)19-7-5-18-6-8-19/h9-10,15,18H,5-8,11H2,1-4H3. The fraction of sp³-hybridized carbons (Fsp3) is 0.647. The Kier molecular flexibility index (Phi) is 3.51. The summed E-state index contributed by atoms with van der Waals surface area (Å²) in [6, 6.07) is 5.05. The molecule has 3 nitrogen and oxygen atoms in total. The van der Waals surface area contributed by atoms with Crippen LogP contribution in [0.5, 0.6) is 5.75 Å². The number of nitrogens with zero attached hydrogens (tertiary/aromatic N) is 1. The van der Waals surface area contributed by atoms with Crippen molar-refractivity contribution < 1.29 is 4.74 Å². The number of fused-ring (bicyclic) bond motifs is 1. The number of benzene rings is 1. The molecule has 1 saturated heterocycles. The second-order valence-corrected chi connectivity index (χ2v) is 6.87. The maximum absolute atomic E-state index is 6.28. The molecule has 110 valence electrons. The zero-order valence-electron chi connectivity index (χ0n) is 13.1. The van der Waals surface area contributed by atoms with E-state index in [1.807, 2.05) is 0 Å². The van der Waals surface area contributed by atoms with E-state index in [2.05, 4.69) is 50.0 Å². The first-order chi connectivity index (χ1) is 9.46. The summed E-state index contributed by atoms with van der Waals surface area (Å²) in [5.74, 6) is 1.12. The van der Waals surface area contributed by atoms with Gasteiger partial charge in [-0.2, -0.15) is 0 Å². The Morgan fingerprint density at radius 1 is 1.20 bits per heavy atom. The van der Waals surface area contributed by atoms with Gasteiger partial charge in [0.1, 0.15) is 11.4 Å². The van der Waals surface area contributed by atoms with Gasteiger partial charge in [-0.05, 0) is 33.3 Å². The van der Waals surface area contributed by atoms with Crippen LogP contribution in [0.2, 0.25) is 0 Å². The highest BCUT2D eigenvalue weighted by molar-refractivity contribution is 5.47. The minimum absolute atomic E-state index is 0.0808. The Balaban J connectivity index is 2.02. The normalized spacial score (nSPS) is 25.9. The summed E-state index contributed by atoms with van der Waals surface area (Å²) in [6.07, 6.45) is 1.07. The summed E-state index contributed by atoms with van der Waals surface area (Å²) < 4.78 is 6.28. The molecule has 0 saturated carbocycles. The quantitative estimate of drug-likeness (QED) is 0.852. The summed E-state index contributed by atoms with van der Waals surface area (Å²) >= 11 is 0. The number of hydrogen-bond donors (Lipinski definition) is 1. The smallest absolute Gasteiger partial charge is 0.127 e. The van der Waals surface area contributed by atoms with Crippen LogP contribution in [0.3, 0.4) is 0 Å². The first-order valence-electron chi connectivity index (χ1n) is 7.71. The zero-order valence-corrected chi connectivity index (χ0v) is 13.1. The SMILES string of the molecule is Cc1cc(C)c2c(c1)C(N1CCNCC1)CC(C)(C)O2. The summed E-state index contributed by atoms with van der Waals surface area (Å²) in [4.78, 5) is 2.62. The maximum Gasteiger partial charge on any atom is 0.127 e. The van der Waals surface area contributed by atoms with Gasteiger partial charge in [-0.15, -0.1) is 0 Å². The summed E-state index contributed by atoms with van der Waals surface area (Å²) in [7, 11) is 0. The van der Waals surface area contributed by atoms with E-state index in [1.54, 1.807) is 0 Å². The number of rotatable bonds is 1. The zero-order chi connectivity index (χ0) is 14.3. The molecule has 0 aromatic heterocycles. The van der Waals surface area contributed by atoms with E-state index < -0.39 is 0 Å². The van der Waals surface area contributed by atoms with Gasteiger partial charge >= 0.3 is 0 Å². The van der Waals surface area contributed by atoms with Crippen molar-refractivity contribution in [3.05, 3.63) is 28.8 Å². The predicted molar refractivity (Wildman–Crippen MR) is 82.4 cm³/mol. The van der Waals surface area contributed by atoms with E-state index in [9.17, 15) is 0 Å². The van der Waals surface area contributed by atoms with Crippen molar-refractivity contribution in [1.82, 2.24) is 10.2 Å². The molecule has 1 unspecified atom stereocenters. The molecule has 1 N–H and O–H groups in total. The van der Waals surface area contributed by atoms with Crippen molar-refractivity contribution in [2.45, 2.75) is 45.8 Å². The van der Waals surface area contributed by atoms with Gasteiger partial charge < -0.3 is 10.1 Å². The van der Waals surface area contributed by atoms with Crippen LogP contribution in [-0.2, 0) is 0 Å². The predicted octanol–water partition coefficient (Wildman–Crippen LogP) is 2.81. The maximum atomic E-state index is 6.28. The van der Waals surface area contributed by atoms with Crippen LogP contribution in [0.25, 0.3) is 0 Å². The van der Waals surface area contributed by atoms with Gasteiger partial charge in [0.15, 0.2) is 0 Å². The molecule has 20 heavy (non-hydrogen) atoms. The molecular formula is C17H26N2O. The van der Waals surface area contributed by atoms with Crippen LogP contribution in [-0.4, -0.2) is 36.7 Å². The van der Waals surface area contributed by atoms with Gasteiger partial charge in [0, 0.05) is 44.2 Å². The lowest BCUT2D eigenvalue weighted by molar-refractivity contribution is 0.0252. The molecular weight excluding hydrogens is 248 g/mol. The summed E-state index contributed by atoms with van der Waals surface area (Å²) in [6.45, 7) is 13.2. The third-order valence-electron chi connectivity index (χ3n) is 4.46. The van der Waals surface area contributed by atoms with Crippen molar-refractivity contribution in [1.29, 1.82) is 0 Å². The Morgan fingerprint density at radius 3 is 2.60 bits per heavy atom. The molecule has 0 radical (unpaired) electrons. The minimum atomic E-state index is -0.0808. The Bertz CT molecular complexity index is 504. The topological polar surface area (TPSA) is 24.5 Å². The van der Waals surface area contributed by atoms with Crippen LogP contribution in [0.15, 0.2) is 12.1 Å². The molecule has 0 aliphatic carbocycles. The summed E-state index contributed by atoms with van der Waals surface area (Å²) in [5, 5.41) is 3.45. The van der Waals surface area contributed by atoms with Crippen molar-refractivity contribution in [3.63, 3.8) is 0 Å². The molecule has 1 fully saturated rings. The molecule has 2 heterocycles. The Hall–Kier alpha value is -1.06. The first kappa shape index (κ1) is 13.9. The van der Waals surface area contributed by atoms with Crippen molar-refractivity contribution >= 4 is 0 Å². The molecule has 3 rings (SSSR count). The molecule has 1 atom stereocenters. The van der Waals surface area contributed by atoms with E-state index in [0.29, 0.717) is 6.04 Å². The van der Waals surface area contributed by atoms with E-state index in [4.69, 9.17) is 4.74 Å². The average Bonchev–Trinajstić information content (AvgIpc) is 2.40. The Morgan fingerprint density at radius 2 is 1.90 bits per heavy atom. The molecule has 1 aromatic carbocycles. The van der Waals surface area contributed by atoms with Crippen LogP contribution < -0.4 is 10.1 Å². The highest BCUT2D eigenvalue weighted by Gasteiger charge is 2.37. The third-order valence-corrected chi connectivity index (χ3v) is 4.46. The molecule has 2 aliphatic heterocycles. The van der Waals surface area contributed by atoms with Gasteiger partial charge in [-0.3, -0.25) is 4.90 Å². The van der Waals surface area contributed by atoms with E-state index >= 15 is 0 Å². The van der Waals surface area contributed by atoms with E-state index in [0.717, 1.165) is 38.3 Å². The average molecular weight is 274 g/mol. The Labute approximate surface area is 122 Å². The van der Waals surface area contributed by atoms with Crippen molar-refractivity contribution in [3.8, 4) is 5.75 Å². The third kappa shape index (κ3) is 2.57. The fourth-order valence-electron chi connectivity index (χ4n) is 3.59. The van der Waals surface area contributed by atoms with Gasteiger partial charge in [0.05, 0.1) is 0 Å². The second kappa shape index (κ2) is 5.05. The molecule has 2 aliphatic rings. The molecule has 0 spiro atoms. The molecule has 1 aromatic rings. The molecule has 0 bridgehead atoms. The van der Waals surface area contributed by atoms with Gasteiger partial charge in [0.2, 0.25) is 0 Å². The monoisotopic (exact) mass is 274 g/mol. The lowest BCUT2D eigenvalue weighted by Gasteiger charge is -2.44. The molecule has 3 heteroatoms. The summed E-state index contributed by atoms with van der Waals surface area (Å²) in [5.41, 5.74) is 3.92. The number of aryl methyl sites for hydroxylation is 2. The van der Waals surface area contributed by atoms with Gasteiger partial charge in [-0.1, -0.05) is 17.7 Å². The van der Waals surface area contributed by atoms with Crippen LogP contribution in [0, 0.1) is 13.8 Å². The number of ether oxygens (including phenoxy) is 1. The fourth-order valence-corrected chi connectivity index (χ4v) is 3.59. The highest BCUT2D eigenvalue weighted by atomic mass is 16.5. The largest absolute Gasteiger partial charge is 0.487 e. The van der Waals surface area contributed by atoms with Gasteiger partial charge in [0.25, 0.3) is 0 Å². The highest BCUT2D eigenvalue weighted by Crippen LogP contribution is 2.44. The van der Waals surface area contributed by atoms with E-state index in [-0.39, 0.29) is 5.60 Å². The first-order valence-corrected chi connectivity index (χ1v) is 7.71. The number of hydrogen-bond acceptors (Lipinski definition) is 3. The van der Waals surface area contributed by atoms with Crippen molar-refractivity contribution in [2.75, 3.05) is 26.2 Å². The number of piperazine rings is 1. The van der Waals surface area contributed by atoms with E-state index in [1.165, 1.54) is 16.7 Å². The van der Waals surface area contributed by atoms with Crippen molar-refractivity contribution in [2.24, 2.45) is 0 Å². The van der Waals surface area contributed by atoms with Crippen LogP contribution in [0.4, 0.5) is 0 Å². The van der Waals surface area contributed by atoms with Gasteiger partial charge in [-0.25, -0.2) is 0 Å². The number of nitrogens with one attached hydrogen (secondary N) is 1.